The molecule has 2 aromatic rings. The molecular formula is C15H18ClNO. The number of hydrogen-bond donors (Lipinski definition) is 2. The van der Waals surface area contributed by atoms with Crippen LogP contribution in [0.15, 0.2) is 18.3 Å². The molecule has 1 fully saturated rings. The molecule has 1 saturated carbocycles. The van der Waals surface area contributed by atoms with Crippen molar-refractivity contribution in [1.29, 1.82) is 0 Å². The Labute approximate surface area is 112 Å². The fourth-order valence-corrected chi connectivity index (χ4v) is 3.41. The van der Waals surface area contributed by atoms with Crippen molar-refractivity contribution in [3.63, 3.8) is 0 Å². The highest BCUT2D eigenvalue weighted by atomic mass is 35.5. The predicted molar refractivity (Wildman–Crippen MR) is 75.1 cm³/mol. The van der Waals surface area contributed by atoms with E-state index in [0.29, 0.717) is 10.9 Å². The van der Waals surface area contributed by atoms with Gasteiger partial charge in [-0.05, 0) is 36.5 Å². The van der Waals surface area contributed by atoms with E-state index in [9.17, 15) is 5.11 Å². The number of aliphatic hydroxyl groups is 1. The lowest BCUT2D eigenvalue weighted by molar-refractivity contribution is 0.283. The van der Waals surface area contributed by atoms with E-state index in [0.717, 1.165) is 11.1 Å². The number of halogens is 1. The van der Waals surface area contributed by atoms with Gasteiger partial charge in [0.25, 0.3) is 0 Å². The van der Waals surface area contributed by atoms with E-state index in [1.54, 1.807) is 0 Å². The van der Waals surface area contributed by atoms with Crippen LogP contribution in [0.4, 0.5) is 0 Å². The normalized spacial score (nSPS) is 17.4. The summed E-state index contributed by atoms with van der Waals surface area (Å²) in [6.07, 6.45) is 8.66. The largest absolute Gasteiger partial charge is 0.392 e. The Morgan fingerprint density at radius 3 is 2.72 bits per heavy atom. The van der Waals surface area contributed by atoms with Crippen LogP contribution in [0, 0.1) is 0 Å². The van der Waals surface area contributed by atoms with Crippen LogP contribution in [0.3, 0.4) is 0 Å². The Kier molecular flexibility index (Phi) is 3.31. The van der Waals surface area contributed by atoms with Crippen molar-refractivity contribution >= 4 is 22.5 Å². The second-order valence-corrected chi connectivity index (χ2v) is 5.66. The first-order chi connectivity index (χ1) is 8.79. The van der Waals surface area contributed by atoms with Gasteiger partial charge >= 0.3 is 0 Å². The molecule has 2 nitrogen and oxygen atoms in total. The minimum atomic E-state index is 0.0294. The van der Waals surface area contributed by atoms with Gasteiger partial charge in [0, 0.05) is 22.2 Å². The lowest BCUT2D eigenvalue weighted by Crippen LogP contribution is -2.03. The first-order valence-electron chi connectivity index (χ1n) is 6.70. The maximum atomic E-state index is 9.40. The zero-order valence-electron chi connectivity index (χ0n) is 10.4. The van der Waals surface area contributed by atoms with Gasteiger partial charge in [0.15, 0.2) is 0 Å². The summed E-state index contributed by atoms with van der Waals surface area (Å²) in [4.78, 5) is 3.31. The molecule has 3 heteroatoms. The molecule has 0 atom stereocenters. The Morgan fingerprint density at radius 1 is 1.22 bits per heavy atom. The van der Waals surface area contributed by atoms with Gasteiger partial charge in [0.1, 0.15) is 0 Å². The van der Waals surface area contributed by atoms with Crippen LogP contribution in [-0.2, 0) is 6.61 Å². The molecule has 3 rings (SSSR count). The summed E-state index contributed by atoms with van der Waals surface area (Å²) in [6, 6.07) is 3.86. The highest BCUT2D eigenvalue weighted by molar-refractivity contribution is 6.31. The highest BCUT2D eigenvalue weighted by Gasteiger charge is 2.19. The lowest BCUT2D eigenvalue weighted by Gasteiger charge is -2.21. The Bertz CT molecular complexity index is 555. The summed E-state index contributed by atoms with van der Waals surface area (Å²) in [5, 5.41) is 11.3. The van der Waals surface area contributed by atoms with E-state index < -0.39 is 0 Å². The average Bonchev–Trinajstić information content (AvgIpc) is 2.82. The highest BCUT2D eigenvalue weighted by Crippen LogP contribution is 2.38. The van der Waals surface area contributed by atoms with Crippen molar-refractivity contribution < 1.29 is 5.11 Å². The molecule has 1 aliphatic rings. The number of hydrogen-bond acceptors (Lipinski definition) is 1. The number of nitrogens with one attached hydrogen (secondary N) is 1. The monoisotopic (exact) mass is 263 g/mol. The second-order valence-electron chi connectivity index (χ2n) is 5.22. The zero-order chi connectivity index (χ0) is 12.5. The molecule has 1 aromatic heterocycles. The van der Waals surface area contributed by atoms with Crippen molar-refractivity contribution in [2.75, 3.05) is 0 Å². The van der Waals surface area contributed by atoms with Gasteiger partial charge < -0.3 is 10.1 Å². The third kappa shape index (κ3) is 2.04. The molecule has 1 aliphatic carbocycles. The molecule has 0 saturated heterocycles. The van der Waals surface area contributed by atoms with Crippen molar-refractivity contribution in [3.8, 4) is 0 Å². The first kappa shape index (κ1) is 12.1. The van der Waals surface area contributed by atoms with Gasteiger partial charge in [0.05, 0.1) is 12.1 Å². The molecule has 0 spiro atoms. The fraction of sp³-hybridized carbons (Fsp3) is 0.467. The predicted octanol–water partition coefficient (Wildman–Crippen LogP) is 4.36. The molecule has 0 radical (unpaired) electrons. The molecule has 0 unspecified atom stereocenters. The summed E-state index contributed by atoms with van der Waals surface area (Å²) in [7, 11) is 0. The van der Waals surface area contributed by atoms with Crippen molar-refractivity contribution in [2.24, 2.45) is 0 Å². The maximum Gasteiger partial charge on any atom is 0.0702 e. The van der Waals surface area contributed by atoms with Crippen molar-refractivity contribution in [3.05, 3.63) is 34.5 Å². The number of aromatic nitrogens is 1. The first-order valence-corrected chi connectivity index (χ1v) is 7.07. The van der Waals surface area contributed by atoms with E-state index >= 15 is 0 Å². The van der Waals surface area contributed by atoms with Crippen LogP contribution in [0.25, 0.3) is 10.9 Å². The van der Waals surface area contributed by atoms with Gasteiger partial charge in [-0.1, -0.05) is 30.9 Å². The van der Waals surface area contributed by atoms with E-state index in [1.165, 1.54) is 43.1 Å². The standard InChI is InChI=1S/C15H18ClNO/c16-12-6-11(9-18)15-13(7-12)14(8-17-15)10-4-2-1-3-5-10/h6-8,10,17-18H,1-5,9H2. The number of fused-ring (bicyclic) bond motifs is 1. The van der Waals surface area contributed by atoms with Crippen molar-refractivity contribution in [1.82, 2.24) is 4.98 Å². The summed E-state index contributed by atoms with van der Waals surface area (Å²) in [5.41, 5.74) is 3.31. The number of H-pyrrole nitrogens is 1. The number of rotatable bonds is 2. The van der Waals surface area contributed by atoms with Gasteiger partial charge in [-0.2, -0.15) is 0 Å². The molecule has 1 heterocycles. The van der Waals surface area contributed by atoms with Crippen LogP contribution < -0.4 is 0 Å². The van der Waals surface area contributed by atoms with Crippen LogP contribution in [-0.4, -0.2) is 10.1 Å². The summed E-state index contributed by atoms with van der Waals surface area (Å²) < 4.78 is 0. The van der Waals surface area contributed by atoms with Gasteiger partial charge in [-0.25, -0.2) is 0 Å². The molecule has 1 aromatic carbocycles. The lowest BCUT2D eigenvalue weighted by atomic mass is 9.84. The SMILES string of the molecule is OCc1cc(Cl)cc2c(C3CCCCC3)c[nH]c12. The Hall–Kier alpha value is -0.990. The quantitative estimate of drug-likeness (QED) is 0.830. The fourth-order valence-electron chi connectivity index (χ4n) is 3.17. The zero-order valence-corrected chi connectivity index (χ0v) is 11.1. The molecule has 0 bridgehead atoms. The summed E-state index contributed by atoms with van der Waals surface area (Å²) in [5.74, 6) is 0.650. The third-order valence-corrected chi connectivity index (χ3v) is 4.30. The van der Waals surface area contributed by atoms with E-state index in [-0.39, 0.29) is 6.61 Å². The van der Waals surface area contributed by atoms with Crippen LogP contribution >= 0.6 is 11.6 Å². The Balaban J connectivity index is 2.10. The van der Waals surface area contributed by atoms with Crippen LogP contribution in [0.5, 0.6) is 0 Å². The smallest absolute Gasteiger partial charge is 0.0702 e. The molecular weight excluding hydrogens is 246 g/mol. The third-order valence-electron chi connectivity index (χ3n) is 4.08. The Morgan fingerprint density at radius 2 is 2.00 bits per heavy atom. The number of aliphatic hydroxyl groups excluding tert-OH is 1. The van der Waals surface area contributed by atoms with Crippen LogP contribution in [0.2, 0.25) is 5.02 Å². The van der Waals surface area contributed by atoms with Gasteiger partial charge in [0.2, 0.25) is 0 Å². The maximum absolute atomic E-state index is 9.40. The summed E-state index contributed by atoms with van der Waals surface area (Å²) in [6.45, 7) is 0.0294. The van der Waals surface area contributed by atoms with E-state index in [1.807, 2.05) is 12.1 Å². The molecule has 0 aliphatic heterocycles. The number of benzene rings is 1. The summed E-state index contributed by atoms with van der Waals surface area (Å²) >= 11 is 6.15. The topological polar surface area (TPSA) is 36.0 Å². The molecule has 96 valence electrons. The minimum absolute atomic E-state index is 0.0294. The molecule has 18 heavy (non-hydrogen) atoms. The average molecular weight is 264 g/mol. The van der Waals surface area contributed by atoms with Crippen LogP contribution in [0.1, 0.15) is 49.1 Å². The van der Waals surface area contributed by atoms with E-state index in [2.05, 4.69) is 11.2 Å². The van der Waals surface area contributed by atoms with Gasteiger partial charge in [-0.3, -0.25) is 0 Å². The van der Waals surface area contributed by atoms with E-state index in [4.69, 9.17) is 11.6 Å². The van der Waals surface area contributed by atoms with Crippen molar-refractivity contribution in [2.45, 2.75) is 44.6 Å². The van der Waals surface area contributed by atoms with Gasteiger partial charge in [-0.15, -0.1) is 0 Å². The molecule has 0 amide bonds. The number of aromatic amines is 1. The molecule has 2 N–H and O–H groups in total. The minimum Gasteiger partial charge on any atom is -0.392 e. The second kappa shape index (κ2) is 4.94.